The predicted octanol–water partition coefficient (Wildman–Crippen LogP) is 3.55. The lowest BCUT2D eigenvalue weighted by Gasteiger charge is -2.10. The summed E-state index contributed by atoms with van der Waals surface area (Å²) in [6, 6.07) is 4.21. The van der Waals surface area contributed by atoms with Gasteiger partial charge in [-0.25, -0.2) is 14.6 Å². The van der Waals surface area contributed by atoms with E-state index in [1.54, 1.807) is 28.9 Å². The van der Waals surface area contributed by atoms with E-state index in [0.717, 1.165) is 27.3 Å². The van der Waals surface area contributed by atoms with Gasteiger partial charge in [0.15, 0.2) is 5.82 Å². The molecule has 0 amide bonds. The third-order valence-electron chi connectivity index (χ3n) is 4.81. The average molecular weight is 393 g/mol. The average Bonchev–Trinajstić information content (AvgIpc) is 3.36. The van der Waals surface area contributed by atoms with Crippen LogP contribution in [0.1, 0.15) is 24.3 Å². The standard InChI is InChI=1S/C19H19N7OS/c1-25-18-14(9-22-25)8-21-19(27-2)17(18)24-28-15-10-23-26(11-15)16-7-13(5-6-20-16)12-3-4-12/h5-12,24H,3-4H2,1-2H3. The molecule has 0 unspecified atom stereocenters. The highest BCUT2D eigenvalue weighted by molar-refractivity contribution is 8.00. The van der Waals surface area contributed by atoms with Gasteiger partial charge in [0.1, 0.15) is 5.69 Å². The van der Waals surface area contributed by atoms with Crippen LogP contribution in [0.5, 0.6) is 5.88 Å². The molecule has 0 radical (unpaired) electrons. The molecule has 5 rings (SSSR count). The fourth-order valence-corrected chi connectivity index (χ4v) is 3.88. The number of nitrogens with zero attached hydrogens (tertiary/aromatic N) is 6. The lowest BCUT2D eigenvalue weighted by Crippen LogP contribution is -1.99. The van der Waals surface area contributed by atoms with Crippen molar-refractivity contribution in [2.24, 2.45) is 7.05 Å². The van der Waals surface area contributed by atoms with E-state index < -0.39 is 0 Å². The number of fused-ring (bicyclic) bond motifs is 1. The Hall–Kier alpha value is -3.07. The van der Waals surface area contributed by atoms with Crippen LogP contribution >= 0.6 is 11.9 Å². The van der Waals surface area contributed by atoms with E-state index in [4.69, 9.17) is 4.74 Å². The van der Waals surface area contributed by atoms with E-state index in [2.05, 4.69) is 37.0 Å². The van der Waals surface area contributed by atoms with Crippen LogP contribution in [0.25, 0.3) is 16.7 Å². The Morgan fingerprint density at radius 3 is 2.89 bits per heavy atom. The van der Waals surface area contributed by atoms with Gasteiger partial charge in [0, 0.05) is 31.0 Å². The molecule has 0 saturated heterocycles. The monoisotopic (exact) mass is 393 g/mol. The summed E-state index contributed by atoms with van der Waals surface area (Å²) < 4.78 is 12.4. The number of methoxy groups -OCH3 is 1. The maximum absolute atomic E-state index is 5.42. The van der Waals surface area contributed by atoms with Crippen LogP contribution in [0.2, 0.25) is 0 Å². The van der Waals surface area contributed by atoms with E-state index in [-0.39, 0.29) is 0 Å². The van der Waals surface area contributed by atoms with Crippen molar-refractivity contribution < 1.29 is 4.74 Å². The molecule has 0 bridgehead atoms. The highest BCUT2D eigenvalue weighted by Gasteiger charge is 2.24. The number of anilines is 1. The van der Waals surface area contributed by atoms with Gasteiger partial charge in [-0.1, -0.05) is 0 Å². The molecule has 0 aliphatic heterocycles. The largest absolute Gasteiger partial charge is 0.479 e. The van der Waals surface area contributed by atoms with Crippen molar-refractivity contribution in [2.75, 3.05) is 11.8 Å². The molecule has 1 aliphatic rings. The smallest absolute Gasteiger partial charge is 0.240 e. The molecule has 0 aromatic carbocycles. The first kappa shape index (κ1) is 17.1. The lowest BCUT2D eigenvalue weighted by atomic mass is 10.2. The fourth-order valence-electron chi connectivity index (χ4n) is 3.22. The molecule has 0 spiro atoms. The van der Waals surface area contributed by atoms with Crippen molar-refractivity contribution in [2.45, 2.75) is 23.7 Å². The molecule has 0 atom stereocenters. The third kappa shape index (κ3) is 3.07. The van der Waals surface area contributed by atoms with Crippen molar-refractivity contribution in [3.05, 3.63) is 48.7 Å². The molecule has 1 saturated carbocycles. The summed E-state index contributed by atoms with van der Waals surface area (Å²) >= 11 is 1.45. The zero-order valence-electron chi connectivity index (χ0n) is 15.5. The first-order chi connectivity index (χ1) is 13.7. The number of ether oxygens (including phenoxy) is 1. The molecule has 8 nitrogen and oxygen atoms in total. The zero-order valence-corrected chi connectivity index (χ0v) is 16.3. The summed E-state index contributed by atoms with van der Waals surface area (Å²) in [5, 5.41) is 9.71. The highest BCUT2D eigenvalue weighted by Crippen LogP contribution is 2.40. The highest BCUT2D eigenvalue weighted by atomic mass is 32.2. The predicted molar refractivity (Wildman–Crippen MR) is 108 cm³/mol. The Kier molecular flexibility index (Phi) is 4.16. The SMILES string of the molecule is COc1ncc2cnn(C)c2c1NSc1cnn(-c2cc(C3CC3)ccn2)c1. The summed E-state index contributed by atoms with van der Waals surface area (Å²) in [7, 11) is 3.51. The second-order valence-corrected chi connectivity index (χ2v) is 7.64. The maximum Gasteiger partial charge on any atom is 0.240 e. The summed E-state index contributed by atoms with van der Waals surface area (Å²) in [4.78, 5) is 9.77. The molecule has 1 aliphatic carbocycles. The summed E-state index contributed by atoms with van der Waals surface area (Å²) in [5.41, 5.74) is 3.06. The van der Waals surface area contributed by atoms with E-state index in [9.17, 15) is 0 Å². The van der Waals surface area contributed by atoms with Crippen molar-refractivity contribution in [1.29, 1.82) is 0 Å². The second kappa shape index (κ2) is 6.83. The second-order valence-electron chi connectivity index (χ2n) is 6.76. The normalized spacial score (nSPS) is 13.8. The van der Waals surface area contributed by atoms with E-state index >= 15 is 0 Å². The number of hydrogen-bond donors (Lipinski definition) is 1. The van der Waals surface area contributed by atoms with Crippen LogP contribution < -0.4 is 9.46 Å². The summed E-state index contributed by atoms with van der Waals surface area (Å²) in [5.74, 6) is 2.05. The Balaban J connectivity index is 1.39. The molecule has 142 valence electrons. The first-order valence-electron chi connectivity index (χ1n) is 9.01. The summed E-state index contributed by atoms with van der Waals surface area (Å²) in [6.07, 6.45) is 11.7. The van der Waals surface area contributed by atoms with Crippen LogP contribution in [-0.4, -0.2) is 36.6 Å². The molecular weight excluding hydrogens is 374 g/mol. The number of aryl methyl sites for hydroxylation is 1. The number of rotatable bonds is 6. The van der Waals surface area contributed by atoms with Gasteiger partial charge in [-0.3, -0.25) is 4.68 Å². The van der Waals surface area contributed by atoms with E-state index in [0.29, 0.717) is 11.8 Å². The van der Waals surface area contributed by atoms with Gasteiger partial charge in [0.2, 0.25) is 5.88 Å². The van der Waals surface area contributed by atoms with Crippen molar-refractivity contribution >= 4 is 28.5 Å². The van der Waals surface area contributed by atoms with E-state index in [1.165, 1.54) is 30.4 Å². The molecule has 4 aromatic heterocycles. The van der Waals surface area contributed by atoms with Gasteiger partial charge in [-0.2, -0.15) is 10.2 Å². The number of nitrogens with one attached hydrogen (secondary N) is 1. The quantitative estimate of drug-likeness (QED) is 0.502. The van der Waals surface area contributed by atoms with Gasteiger partial charge in [0.25, 0.3) is 0 Å². The first-order valence-corrected chi connectivity index (χ1v) is 9.83. The van der Waals surface area contributed by atoms with Crippen molar-refractivity contribution in [3.8, 4) is 11.7 Å². The Bertz CT molecular complexity index is 1150. The third-order valence-corrected chi connectivity index (χ3v) is 5.57. The van der Waals surface area contributed by atoms with E-state index in [1.807, 2.05) is 25.6 Å². The van der Waals surface area contributed by atoms with Crippen LogP contribution in [0, 0.1) is 0 Å². The van der Waals surface area contributed by atoms with Gasteiger partial charge >= 0.3 is 0 Å². The number of hydrogen-bond acceptors (Lipinski definition) is 7. The molecule has 1 fully saturated rings. The minimum absolute atomic E-state index is 0.523. The molecule has 9 heteroatoms. The fraction of sp³-hybridized carbons (Fsp3) is 0.263. The number of pyridine rings is 2. The molecule has 4 aromatic rings. The molecule has 4 heterocycles. The van der Waals surface area contributed by atoms with Gasteiger partial charge < -0.3 is 9.46 Å². The lowest BCUT2D eigenvalue weighted by molar-refractivity contribution is 0.401. The van der Waals surface area contributed by atoms with Crippen LogP contribution in [0.4, 0.5) is 5.69 Å². The summed E-state index contributed by atoms with van der Waals surface area (Å²) in [6.45, 7) is 0. The Morgan fingerprint density at radius 2 is 2.07 bits per heavy atom. The Morgan fingerprint density at radius 1 is 1.18 bits per heavy atom. The van der Waals surface area contributed by atoms with Crippen LogP contribution in [-0.2, 0) is 7.05 Å². The number of aromatic nitrogens is 6. The minimum atomic E-state index is 0.523. The molecule has 1 N–H and O–H groups in total. The van der Waals surface area contributed by atoms with Crippen LogP contribution in [0.3, 0.4) is 0 Å². The zero-order chi connectivity index (χ0) is 19.1. The van der Waals surface area contributed by atoms with Crippen LogP contribution in [0.15, 0.2) is 48.0 Å². The molecule has 28 heavy (non-hydrogen) atoms. The molecular formula is C19H19N7OS. The van der Waals surface area contributed by atoms with Gasteiger partial charge in [-0.15, -0.1) is 0 Å². The van der Waals surface area contributed by atoms with Gasteiger partial charge in [-0.05, 0) is 48.4 Å². The van der Waals surface area contributed by atoms with Crippen molar-refractivity contribution in [3.63, 3.8) is 0 Å². The maximum atomic E-state index is 5.42. The minimum Gasteiger partial charge on any atom is -0.479 e. The van der Waals surface area contributed by atoms with Gasteiger partial charge in [0.05, 0.1) is 29.9 Å². The van der Waals surface area contributed by atoms with Crippen molar-refractivity contribution in [1.82, 2.24) is 29.5 Å². The Labute approximate surface area is 166 Å². The topological polar surface area (TPSA) is 82.7 Å².